The molecule has 1 N–H and O–H groups in total. The first-order valence-corrected chi connectivity index (χ1v) is 7.32. The molecule has 1 aliphatic rings. The van der Waals surface area contributed by atoms with E-state index in [9.17, 15) is 0 Å². The van der Waals surface area contributed by atoms with Crippen molar-refractivity contribution in [2.75, 3.05) is 26.4 Å². The normalized spacial score (nSPS) is 23.7. The number of hydrogen-bond donors (Lipinski definition) is 1. The highest BCUT2D eigenvalue weighted by Gasteiger charge is 2.24. The topological polar surface area (TPSA) is 47.9 Å². The standard InChI is InChI=1S/C14H28O4/c1-2-3-4-5-6-7-9-16-10-8-14-17-12-13(11-15)18-14/h13-15H,2-12H2,1H3/t13-,14-/m0/s1. The van der Waals surface area contributed by atoms with Crippen molar-refractivity contribution < 1.29 is 19.3 Å². The Bertz CT molecular complexity index is 187. The summed E-state index contributed by atoms with van der Waals surface area (Å²) in [7, 11) is 0. The quantitative estimate of drug-likeness (QED) is 0.580. The van der Waals surface area contributed by atoms with Crippen LogP contribution in [0.2, 0.25) is 0 Å². The molecule has 0 aromatic carbocycles. The highest BCUT2D eigenvalue weighted by atomic mass is 16.7. The SMILES string of the molecule is CCCCCCCCOCC[C@H]1OC[C@H](CO)O1. The first-order chi connectivity index (χ1) is 8.86. The molecule has 1 saturated heterocycles. The third-order valence-electron chi connectivity index (χ3n) is 3.16. The molecule has 0 aromatic rings. The summed E-state index contributed by atoms with van der Waals surface area (Å²) in [5.41, 5.74) is 0. The third kappa shape index (κ3) is 7.31. The van der Waals surface area contributed by atoms with Gasteiger partial charge in [0, 0.05) is 13.0 Å². The number of aliphatic hydroxyl groups is 1. The van der Waals surface area contributed by atoms with Crippen molar-refractivity contribution in [3.05, 3.63) is 0 Å². The molecule has 1 fully saturated rings. The zero-order valence-electron chi connectivity index (χ0n) is 11.6. The van der Waals surface area contributed by atoms with Gasteiger partial charge in [0.1, 0.15) is 6.10 Å². The van der Waals surface area contributed by atoms with Crippen molar-refractivity contribution in [1.29, 1.82) is 0 Å². The molecule has 0 aliphatic carbocycles. The Labute approximate surface area is 111 Å². The maximum Gasteiger partial charge on any atom is 0.160 e. The first kappa shape index (κ1) is 15.9. The van der Waals surface area contributed by atoms with Gasteiger partial charge in [0.05, 0.1) is 19.8 Å². The second-order valence-electron chi connectivity index (χ2n) is 4.87. The largest absolute Gasteiger partial charge is 0.394 e. The molecular weight excluding hydrogens is 232 g/mol. The molecule has 0 bridgehead atoms. The monoisotopic (exact) mass is 260 g/mol. The lowest BCUT2D eigenvalue weighted by molar-refractivity contribution is -0.0810. The molecule has 4 heteroatoms. The van der Waals surface area contributed by atoms with Crippen LogP contribution in [-0.2, 0) is 14.2 Å². The average Bonchev–Trinajstić information content (AvgIpc) is 2.85. The van der Waals surface area contributed by atoms with E-state index < -0.39 is 0 Å². The zero-order chi connectivity index (χ0) is 13.1. The smallest absolute Gasteiger partial charge is 0.160 e. The lowest BCUT2D eigenvalue weighted by Crippen LogP contribution is -2.17. The number of aliphatic hydroxyl groups excluding tert-OH is 1. The van der Waals surface area contributed by atoms with Crippen LogP contribution in [0.15, 0.2) is 0 Å². The van der Waals surface area contributed by atoms with E-state index in [-0.39, 0.29) is 19.0 Å². The minimum atomic E-state index is -0.188. The van der Waals surface area contributed by atoms with Gasteiger partial charge in [-0.1, -0.05) is 39.0 Å². The van der Waals surface area contributed by atoms with Crippen molar-refractivity contribution in [2.45, 2.75) is 64.3 Å². The maximum absolute atomic E-state index is 8.88. The van der Waals surface area contributed by atoms with E-state index in [4.69, 9.17) is 19.3 Å². The Balaban J connectivity index is 1.79. The minimum Gasteiger partial charge on any atom is -0.394 e. The fourth-order valence-electron chi connectivity index (χ4n) is 2.02. The van der Waals surface area contributed by atoms with Gasteiger partial charge in [0.25, 0.3) is 0 Å². The molecular formula is C14H28O4. The van der Waals surface area contributed by atoms with Crippen LogP contribution < -0.4 is 0 Å². The Morgan fingerprint density at radius 1 is 1.11 bits per heavy atom. The Hall–Kier alpha value is -0.160. The van der Waals surface area contributed by atoms with Gasteiger partial charge in [-0.15, -0.1) is 0 Å². The molecule has 0 amide bonds. The molecule has 4 nitrogen and oxygen atoms in total. The van der Waals surface area contributed by atoms with Crippen LogP contribution in [-0.4, -0.2) is 43.9 Å². The van der Waals surface area contributed by atoms with Crippen LogP contribution in [0.4, 0.5) is 0 Å². The molecule has 1 heterocycles. The van der Waals surface area contributed by atoms with Gasteiger partial charge in [-0.3, -0.25) is 0 Å². The molecule has 0 spiro atoms. The molecule has 0 aromatic heterocycles. The Morgan fingerprint density at radius 3 is 2.61 bits per heavy atom. The van der Waals surface area contributed by atoms with Crippen LogP contribution >= 0.6 is 0 Å². The predicted molar refractivity (Wildman–Crippen MR) is 70.5 cm³/mol. The van der Waals surface area contributed by atoms with Crippen LogP contribution in [0, 0.1) is 0 Å². The summed E-state index contributed by atoms with van der Waals surface area (Å²) in [5, 5.41) is 8.88. The highest BCUT2D eigenvalue weighted by molar-refractivity contribution is 4.63. The lowest BCUT2D eigenvalue weighted by Gasteiger charge is -2.10. The van der Waals surface area contributed by atoms with E-state index in [0.717, 1.165) is 19.4 Å². The molecule has 0 saturated carbocycles. The predicted octanol–water partition coefficient (Wildman–Crippen LogP) is 2.49. The molecule has 108 valence electrons. The lowest BCUT2D eigenvalue weighted by atomic mass is 10.1. The van der Waals surface area contributed by atoms with Crippen LogP contribution in [0.1, 0.15) is 51.9 Å². The molecule has 2 atom stereocenters. The van der Waals surface area contributed by atoms with E-state index >= 15 is 0 Å². The Kier molecular flexibility index (Phi) is 9.48. The molecule has 1 rings (SSSR count). The van der Waals surface area contributed by atoms with E-state index in [1.165, 1.54) is 32.1 Å². The number of ether oxygens (including phenoxy) is 3. The fraction of sp³-hybridized carbons (Fsp3) is 1.00. The minimum absolute atomic E-state index is 0.0368. The third-order valence-corrected chi connectivity index (χ3v) is 3.16. The van der Waals surface area contributed by atoms with Crippen molar-refractivity contribution in [1.82, 2.24) is 0 Å². The van der Waals surface area contributed by atoms with E-state index in [1.807, 2.05) is 0 Å². The van der Waals surface area contributed by atoms with Gasteiger partial charge < -0.3 is 19.3 Å². The summed E-state index contributed by atoms with van der Waals surface area (Å²) in [5.74, 6) is 0. The van der Waals surface area contributed by atoms with E-state index in [0.29, 0.717) is 13.2 Å². The van der Waals surface area contributed by atoms with Gasteiger partial charge in [0.2, 0.25) is 0 Å². The van der Waals surface area contributed by atoms with E-state index in [2.05, 4.69) is 6.92 Å². The van der Waals surface area contributed by atoms with E-state index in [1.54, 1.807) is 0 Å². The first-order valence-electron chi connectivity index (χ1n) is 7.32. The van der Waals surface area contributed by atoms with Gasteiger partial charge in [-0.2, -0.15) is 0 Å². The summed E-state index contributed by atoms with van der Waals surface area (Å²) in [6, 6.07) is 0. The van der Waals surface area contributed by atoms with Crippen LogP contribution in [0.25, 0.3) is 0 Å². The van der Waals surface area contributed by atoms with Crippen molar-refractivity contribution in [3.8, 4) is 0 Å². The van der Waals surface area contributed by atoms with Gasteiger partial charge in [-0.25, -0.2) is 0 Å². The molecule has 0 unspecified atom stereocenters. The second-order valence-corrected chi connectivity index (χ2v) is 4.87. The van der Waals surface area contributed by atoms with Crippen molar-refractivity contribution in [3.63, 3.8) is 0 Å². The summed E-state index contributed by atoms with van der Waals surface area (Å²) in [4.78, 5) is 0. The summed E-state index contributed by atoms with van der Waals surface area (Å²) < 4.78 is 16.3. The van der Waals surface area contributed by atoms with Crippen LogP contribution in [0.3, 0.4) is 0 Å². The fourth-order valence-corrected chi connectivity index (χ4v) is 2.02. The maximum atomic E-state index is 8.88. The van der Waals surface area contributed by atoms with Crippen LogP contribution in [0.5, 0.6) is 0 Å². The molecule has 18 heavy (non-hydrogen) atoms. The van der Waals surface area contributed by atoms with Crippen molar-refractivity contribution >= 4 is 0 Å². The molecule has 0 radical (unpaired) electrons. The number of rotatable bonds is 11. The number of hydrogen-bond acceptors (Lipinski definition) is 4. The summed E-state index contributed by atoms with van der Waals surface area (Å²) in [6.45, 7) is 4.28. The van der Waals surface area contributed by atoms with Gasteiger partial charge in [0.15, 0.2) is 6.29 Å². The average molecular weight is 260 g/mol. The summed E-state index contributed by atoms with van der Waals surface area (Å²) >= 11 is 0. The Morgan fingerprint density at radius 2 is 1.89 bits per heavy atom. The van der Waals surface area contributed by atoms with Crippen molar-refractivity contribution in [2.24, 2.45) is 0 Å². The zero-order valence-corrected chi connectivity index (χ0v) is 11.6. The van der Waals surface area contributed by atoms with Gasteiger partial charge >= 0.3 is 0 Å². The second kappa shape index (κ2) is 10.7. The molecule has 1 aliphatic heterocycles. The van der Waals surface area contributed by atoms with Gasteiger partial charge in [-0.05, 0) is 6.42 Å². The number of unbranched alkanes of at least 4 members (excludes halogenated alkanes) is 5. The highest BCUT2D eigenvalue weighted by Crippen LogP contribution is 2.14. The summed E-state index contributed by atoms with van der Waals surface area (Å²) in [6.07, 6.45) is 8.16.